The Bertz CT molecular complexity index is 1630. The average molecular weight is 1100 g/mol. The maximum absolute atomic E-state index is 9.91. The molecule has 0 saturated carbocycles. The minimum absolute atomic E-state index is 0. The fourth-order valence-corrected chi connectivity index (χ4v) is 10.5. The standard InChI is InChI=1S/C56H90N2.2C9H19.Ni/c1-5-9-13-15-17-18-19-20-21-22-23-24-25-26-27-28-29-30-31-32-35-40-51-41-37-38-44-54(51)56(52-47-45-50(46-48-52)39-12-8-4)55(43-36-33-16-14-10-6-2)53(49-58-57)42-34-11-7-3;2*1-3-5-7-9-8-6-4-2;/h30-31,37-38,41,44-48H,5-29,32-36,39-40,42-43H2,1-4H3;2*1,3-9H2,2H3;/q;2*-1;+2. The third-order valence-corrected chi connectivity index (χ3v) is 15.4. The van der Waals surface area contributed by atoms with E-state index in [1.807, 2.05) is 0 Å². The molecule has 0 N–H and O–H groups in total. The molecule has 0 spiro atoms. The summed E-state index contributed by atoms with van der Waals surface area (Å²) in [7, 11) is 0. The zero-order chi connectivity index (χ0) is 55.5. The number of aryl methyl sites for hydroxylation is 2. The van der Waals surface area contributed by atoms with E-state index in [4.69, 9.17) is 0 Å². The van der Waals surface area contributed by atoms with E-state index < -0.39 is 0 Å². The van der Waals surface area contributed by atoms with Gasteiger partial charge in [0, 0.05) is 0 Å². The summed E-state index contributed by atoms with van der Waals surface area (Å²) in [5.41, 5.74) is 19.1. The van der Waals surface area contributed by atoms with Crippen molar-refractivity contribution in [3.05, 3.63) is 113 Å². The molecule has 2 nitrogen and oxygen atoms in total. The number of rotatable bonds is 50. The Balaban J connectivity index is 0. The fourth-order valence-electron chi connectivity index (χ4n) is 10.5. The van der Waals surface area contributed by atoms with Crippen LogP contribution < -0.4 is 0 Å². The molecule has 2 aromatic carbocycles. The van der Waals surface area contributed by atoms with Crippen LogP contribution in [0.2, 0.25) is 0 Å². The molecule has 0 amide bonds. The van der Waals surface area contributed by atoms with E-state index in [0.717, 1.165) is 69.8 Å². The fraction of sp³-hybridized carbons (Fsp3) is 0.730. The van der Waals surface area contributed by atoms with Crippen LogP contribution in [0.4, 0.5) is 0 Å². The molecule has 0 aliphatic carbocycles. The Morgan fingerprint density at radius 3 is 1.23 bits per heavy atom. The molecule has 0 aliphatic heterocycles. The van der Waals surface area contributed by atoms with E-state index >= 15 is 0 Å². The van der Waals surface area contributed by atoms with E-state index in [1.165, 1.54) is 277 Å². The van der Waals surface area contributed by atoms with Crippen LogP contribution in [0.15, 0.2) is 71.8 Å². The number of hydrogen-bond acceptors (Lipinski definition) is 0. The second-order valence-electron chi connectivity index (χ2n) is 22.7. The summed E-state index contributed by atoms with van der Waals surface area (Å²) in [6.07, 6.45) is 67.6. The van der Waals surface area contributed by atoms with Crippen molar-refractivity contribution >= 4 is 11.4 Å². The van der Waals surface area contributed by atoms with Crippen LogP contribution in [0.5, 0.6) is 0 Å². The monoisotopic (exact) mass is 1100 g/mol. The number of hydrogen-bond donors (Lipinski definition) is 0. The van der Waals surface area contributed by atoms with Crippen LogP contribution in [0.3, 0.4) is 0 Å². The third kappa shape index (κ3) is 47.0. The van der Waals surface area contributed by atoms with Gasteiger partial charge in [-0.3, -0.25) is 0 Å². The number of nitrogens with zero attached hydrogens (tertiary/aromatic N) is 2. The van der Waals surface area contributed by atoms with E-state index in [0.29, 0.717) is 0 Å². The Kier molecular flexibility index (Phi) is 62.5. The Labute approximate surface area is 493 Å². The van der Waals surface area contributed by atoms with Crippen molar-refractivity contribution in [1.82, 2.24) is 0 Å². The smallest absolute Gasteiger partial charge is 0.348 e. The first-order valence-electron chi connectivity index (χ1n) is 33.6. The molecule has 0 bridgehead atoms. The molecule has 0 atom stereocenters. The van der Waals surface area contributed by atoms with Crippen LogP contribution >= 0.6 is 0 Å². The van der Waals surface area contributed by atoms with Gasteiger partial charge >= 0.3 is 22.4 Å². The van der Waals surface area contributed by atoms with Gasteiger partial charge in [-0.05, 0) is 104 Å². The summed E-state index contributed by atoms with van der Waals surface area (Å²) in [4.78, 5) is 3.55. The second kappa shape index (κ2) is 62.8. The molecule has 2 rings (SSSR count). The van der Waals surface area contributed by atoms with Crippen molar-refractivity contribution in [2.45, 2.75) is 350 Å². The number of unbranched alkanes of at least 4 members (excludes halogenated alkanes) is 37. The largest absolute Gasteiger partial charge is 2.00 e. The molecule has 0 unspecified atom stereocenters. The summed E-state index contributed by atoms with van der Waals surface area (Å²) in [5.74, 6) is 3.12. The summed E-state index contributed by atoms with van der Waals surface area (Å²) < 4.78 is 0. The maximum atomic E-state index is 9.91. The van der Waals surface area contributed by atoms with Crippen LogP contribution in [0, 0.1) is 13.8 Å². The van der Waals surface area contributed by atoms with Crippen molar-refractivity contribution in [3.8, 4) is 0 Å². The van der Waals surface area contributed by atoms with Crippen molar-refractivity contribution in [2.75, 3.05) is 0 Å². The van der Waals surface area contributed by atoms with Crippen LogP contribution in [-0.4, -0.2) is 10.7 Å². The molecule has 0 aromatic heterocycles. The van der Waals surface area contributed by atoms with Crippen LogP contribution in [0.25, 0.3) is 11.1 Å². The molecule has 0 radical (unpaired) electrons. The molecular formula is C74H128N2Ni. The molecule has 0 fully saturated rings. The molecule has 0 heterocycles. The molecular weight excluding hydrogens is 976 g/mol. The van der Waals surface area contributed by atoms with Gasteiger partial charge < -0.3 is 19.4 Å². The number of allylic oxidation sites excluding steroid dienone is 4. The van der Waals surface area contributed by atoms with Crippen molar-refractivity contribution in [3.63, 3.8) is 0 Å². The molecule has 444 valence electrons. The SMILES string of the molecule is CCCCCCCCCCCCCCCCCCC=CCCCc1ccccc1C(=C(CCCCCCCC)C(=C=[N+]=[N-])CCCCC)c1ccc(CCCC)cc1.[CH2-]CCCCCCCC.[CH2-]CCCCCCCC.[Ni+2]. The topological polar surface area (TPSA) is 36.4 Å². The predicted octanol–water partition coefficient (Wildman–Crippen LogP) is 25.7. The zero-order valence-corrected chi connectivity index (χ0v) is 53.3. The van der Waals surface area contributed by atoms with Gasteiger partial charge in [0.05, 0.1) is 5.57 Å². The Morgan fingerprint density at radius 1 is 0.416 bits per heavy atom. The minimum Gasteiger partial charge on any atom is -0.348 e. The van der Waals surface area contributed by atoms with Crippen LogP contribution in [0.1, 0.15) is 359 Å². The molecule has 0 saturated heterocycles. The quantitative estimate of drug-likeness (QED) is 0.00925. The maximum Gasteiger partial charge on any atom is 2.00 e. The van der Waals surface area contributed by atoms with Crippen molar-refractivity contribution < 1.29 is 21.3 Å². The normalized spacial score (nSPS) is 11.3. The first-order valence-corrected chi connectivity index (χ1v) is 33.6. The van der Waals surface area contributed by atoms with E-state index in [-0.39, 0.29) is 16.5 Å². The predicted molar refractivity (Wildman–Crippen MR) is 345 cm³/mol. The van der Waals surface area contributed by atoms with E-state index in [2.05, 4.69) is 127 Å². The second-order valence-corrected chi connectivity index (χ2v) is 22.7. The Morgan fingerprint density at radius 2 is 0.792 bits per heavy atom. The van der Waals surface area contributed by atoms with Gasteiger partial charge in [-0.15, -0.1) is 4.79 Å². The van der Waals surface area contributed by atoms with Gasteiger partial charge in [0.1, 0.15) is 0 Å². The molecule has 0 aliphatic rings. The van der Waals surface area contributed by atoms with Crippen molar-refractivity contribution in [1.29, 1.82) is 0 Å². The van der Waals surface area contributed by atoms with Gasteiger partial charge in [-0.25, -0.2) is 0 Å². The first-order chi connectivity index (χ1) is 37.5. The van der Waals surface area contributed by atoms with Gasteiger partial charge in [0.2, 0.25) is 0 Å². The van der Waals surface area contributed by atoms with Crippen LogP contribution in [-0.2, 0) is 29.3 Å². The zero-order valence-electron chi connectivity index (χ0n) is 52.3. The summed E-state index contributed by atoms with van der Waals surface area (Å²) in [5, 5.41) is 0. The molecule has 2 aromatic rings. The van der Waals surface area contributed by atoms with Gasteiger partial charge in [-0.1, -0.05) is 327 Å². The minimum atomic E-state index is 0. The summed E-state index contributed by atoms with van der Waals surface area (Å²) in [6, 6.07) is 18.6. The third-order valence-electron chi connectivity index (χ3n) is 15.4. The summed E-state index contributed by atoms with van der Waals surface area (Å²) in [6.45, 7) is 21.2. The van der Waals surface area contributed by atoms with Gasteiger partial charge in [0.15, 0.2) is 0 Å². The van der Waals surface area contributed by atoms with Crippen molar-refractivity contribution in [2.24, 2.45) is 0 Å². The van der Waals surface area contributed by atoms with E-state index in [1.54, 1.807) is 0 Å². The summed E-state index contributed by atoms with van der Waals surface area (Å²) >= 11 is 0. The molecule has 77 heavy (non-hydrogen) atoms. The Hall–Kier alpha value is -2.43. The first kappa shape index (κ1) is 76.6. The average Bonchev–Trinajstić information content (AvgIpc) is 3.44. The van der Waals surface area contributed by atoms with Gasteiger partial charge in [-0.2, -0.15) is 12.8 Å². The number of benzene rings is 2. The van der Waals surface area contributed by atoms with E-state index in [9.17, 15) is 5.53 Å². The van der Waals surface area contributed by atoms with Gasteiger partial charge in [0.25, 0.3) is 0 Å². The molecule has 3 heteroatoms.